The molecule has 4 aromatic rings. The maximum atomic E-state index is 4.62. The van der Waals surface area contributed by atoms with Crippen LogP contribution in [0.2, 0.25) is 0 Å². The fraction of sp³-hybridized carbons (Fsp3) is 0. The van der Waals surface area contributed by atoms with Gasteiger partial charge in [0.25, 0.3) is 0 Å². The van der Waals surface area contributed by atoms with Crippen molar-refractivity contribution in [3.63, 3.8) is 0 Å². The number of fused-ring (bicyclic) bond motifs is 8. The summed E-state index contributed by atoms with van der Waals surface area (Å²) < 4.78 is 0. The molecule has 0 spiro atoms. The third-order valence-electron chi connectivity index (χ3n) is 4.65. The van der Waals surface area contributed by atoms with Crippen molar-refractivity contribution < 1.29 is 17.1 Å². The van der Waals surface area contributed by atoms with Crippen molar-refractivity contribution in [2.24, 2.45) is 0 Å². The molecule has 5 heterocycles. The Kier molecular flexibility index (Phi) is 6.27. The molecule has 8 bridgehead atoms. The maximum absolute atomic E-state index is 4.62. The topological polar surface area (TPSA) is 57.4 Å². The van der Waals surface area contributed by atoms with Crippen LogP contribution in [0, 0.1) is 6.07 Å². The van der Waals surface area contributed by atoms with Crippen LogP contribution in [0.5, 0.6) is 0 Å². The molecule has 2 N–H and O–H groups in total. The fourth-order valence-corrected chi connectivity index (χ4v) is 3.29. The minimum absolute atomic E-state index is 0. The standard InChI is InChI=1S/C20H14N4.C6H5.Mn/c1-2-14-10-16-5-6-18(23-16)12-20-8-7-19(24-20)11-17-4-3-15(22-17)9-13(1)21-14;1-2-4-6-5-3-1;/h1-12,21-22H;1-5H;/q;-1;. The number of hydrogen-bond acceptors (Lipinski definition) is 2. The summed E-state index contributed by atoms with van der Waals surface area (Å²) in [6, 6.07) is 28.9. The van der Waals surface area contributed by atoms with E-state index in [9.17, 15) is 0 Å². The Bertz CT molecular complexity index is 1280. The van der Waals surface area contributed by atoms with Gasteiger partial charge >= 0.3 is 0 Å². The summed E-state index contributed by atoms with van der Waals surface area (Å²) in [7, 11) is 0. The van der Waals surface area contributed by atoms with Crippen LogP contribution in [0.3, 0.4) is 0 Å². The number of aromatic nitrogens is 4. The van der Waals surface area contributed by atoms with Gasteiger partial charge in [0, 0.05) is 39.1 Å². The van der Waals surface area contributed by atoms with Gasteiger partial charge in [0.05, 0.1) is 22.8 Å². The molecule has 4 nitrogen and oxygen atoms in total. The number of rotatable bonds is 0. The van der Waals surface area contributed by atoms with Crippen LogP contribution in [-0.4, -0.2) is 19.9 Å². The van der Waals surface area contributed by atoms with Gasteiger partial charge in [0.15, 0.2) is 0 Å². The fourth-order valence-electron chi connectivity index (χ4n) is 3.29. The normalized spacial score (nSPS) is 11.4. The summed E-state index contributed by atoms with van der Waals surface area (Å²) in [5.74, 6) is 0. The maximum Gasteiger partial charge on any atom is 0.0659 e. The van der Waals surface area contributed by atoms with Crippen LogP contribution in [0.1, 0.15) is 22.8 Å². The van der Waals surface area contributed by atoms with E-state index in [0.717, 1.165) is 44.8 Å². The Balaban J connectivity index is 0.000000288. The molecule has 0 unspecified atom stereocenters. The average Bonchev–Trinajstić information content (AvgIpc) is 3.56. The summed E-state index contributed by atoms with van der Waals surface area (Å²) in [4.78, 5) is 16.0. The Hall–Kier alpha value is -3.66. The van der Waals surface area contributed by atoms with Crippen LogP contribution in [-0.2, 0) is 17.1 Å². The van der Waals surface area contributed by atoms with Gasteiger partial charge in [-0.05, 0) is 72.8 Å². The number of benzene rings is 1. The van der Waals surface area contributed by atoms with Gasteiger partial charge in [-0.1, -0.05) is 0 Å². The molecular formula is C26H19MnN4-. The summed E-state index contributed by atoms with van der Waals surface area (Å²) in [5.41, 5.74) is 7.86. The second-order valence-corrected chi connectivity index (χ2v) is 6.98. The summed E-state index contributed by atoms with van der Waals surface area (Å²) in [6.45, 7) is 0. The molecule has 5 heteroatoms. The van der Waals surface area contributed by atoms with Crippen molar-refractivity contribution in [1.29, 1.82) is 0 Å². The van der Waals surface area contributed by atoms with E-state index in [0.29, 0.717) is 0 Å². The predicted molar refractivity (Wildman–Crippen MR) is 124 cm³/mol. The minimum atomic E-state index is 0. The van der Waals surface area contributed by atoms with E-state index in [1.807, 2.05) is 72.8 Å². The predicted octanol–water partition coefficient (Wildman–Crippen LogP) is 6.14. The summed E-state index contributed by atoms with van der Waals surface area (Å²) in [5, 5.41) is 0. The zero-order valence-corrected chi connectivity index (χ0v) is 17.8. The Morgan fingerprint density at radius 1 is 0.516 bits per heavy atom. The van der Waals surface area contributed by atoms with Crippen LogP contribution < -0.4 is 0 Å². The Labute approximate surface area is 190 Å². The first kappa shape index (κ1) is 20.6. The third-order valence-corrected chi connectivity index (χ3v) is 4.65. The number of aromatic amines is 2. The average molecular weight is 442 g/mol. The molecule has 3 aromatic heterocycles. The number of H-pyrrole nitrogens is 2. The Morgan fingerprint density at radius 2 is 0.935 bits per heavy atom. The van der Waals surface area contributed by atoms with E-state index in [2.05, 4.69) is 56.3 Å². The van der Waals surface area contributed by atoms with Crippen LogP contribution in [0.15, 0.2) is 78.9 Å². The van der Waals surface area contributed by atoms with Crippen LogP contribution >= 0.6 is 0 Å². The number of hydrogen-bond donors (Lipinski definition) is 2. The molecule has 0 saturated carbocycles. The molecule has 6 rings (SSSR count). The van der Waals surface area contributed by atoms with Crippen LogP contribution in [0.4, 0.5) is 0 Å². The first-order valence-electron chi connectivity index (χ1n) is 9.76. The van der Waals surface area contributed by atoms with Crippen molar-refractivity contribution in [1.82, 2.24) is 19.9 Å². The molecule has 151 valence electrons. The number of nitrogens with one attached hydrogen (secondary N) is 2. The van der Waals surface area contributed by atoms with E-state index in [1.54, 1.807) is 0 Å². The molecule has 31 heavy (non-hydrogen) atoms. The van der Waals surface area contributed by atoms with E-state index >= 15 is 0 Å². The smallest absolute Gasteiger partial charge is 0.0659 e. The van der Waals surface area contributed by atoms with Crippen molar-refractivity contribution in [3.8, 4) is 0 Å². The van der Waals surface area contributed by atoms with E-state index in [4.69, 9.17) is 0 Å². The largest absolute Gasteiger partial charge is 0.355 e. The third kappa shape index (κ3) is 5.28. The molecule has 2 aliphatic rings. The molecule has 1 aromatic carbocycles. The first-order valence-corrected chi connectivity index (χ1v) is 9.76. The second-order valence-electron chi connectivity index (χ2n) is 6.98. The van der Waals surface area contributed by atoms with Crippen molar-refractivity contribution in [2.75, 3.05) is 0 Å². The molecule has 0 aliphatic carbocycles. The SMILES string of the molecule is C1=Cc2cc3ccc(cc4ccc(cc5nc(cc1n2)C=C5)[nH]4)[nH]3.[Mn].[c-]1ccccc1. The van der Waals surface area contributed by atoms with Gasteiger partial charge < -0.3 is 9.97 Å². The van der Waals surface area contributed by atoms with Gasteiger partial charge in [-0.15, -0.1) is 0 Å². The van der Waals surface area contributed by atoms with E-state index in [-0.39, 0.29) is 17.1 Å². The van der Waals surface area contributed by atoms with E-state index < -0.39 is 0 Å². The van der Waals surface area contributed by atoms with Gasteiger partial charge in [0.1, 0.15) is 0 Å². The summed E-state index contributed by atoms with van der Waals surface area (Å²) >= 11 is 0. The van der Waals surface area contributed by atoms with Gasteiger partial charge in [-0.3, -0.25) is 0 Å². The van der Waals surface area contributed by atoms with Crippen LogP contribution in [0.25, 0.3) is 46.4 Å². The first-order chi connectivity index (χ1) is 14.8. The van der Waals surface area contributed by atoms with Crippen molar-refractivity contribution >= 4 is 46.4 Å². The Morgan fingerprint density at radius 3 is 1.32 bits per heavy atom. The minimum Gasteiger partial charge on any atom is -0.355 e. The molecule has 0 amide bonds. The molecule has 0 atom stereocenters. The quantitative estimate of drug-likeness (QED) is 0.219. The molecule has 2 aliphatic heterocycles. The second kappa shape index (κ2) is 9.43. The van der Waals surface area contributed by atoms with E-state index in [1.165, 1.54) is 0 Å². The molecule has 1 radical (unpaired) electrons. The molecular weight excluding hydrogens is 423 g/mol. The molecule has 0 fully saturated rings. The van der Waals surface area contributed by atoms with Crippen molar-refractivity contribution in [3.05, 3.63) is 108 Å². The molecule has 0 saturated heterocycles. The number of nitrogens with zero attached hydrogens (tertiary/aromatic N) is 2. The van der Waals surface area contributed by atoms with Gasteiger partial charge in [-0.2, -0.15) is 36.4 Å². The monoisotopic (exact) mass is 442 g/mol. The van der Waals surface area contributed by atoms with Gasteiger partial charge in [-0.25, -0.2) is 9.97 Å². The van der Waals surface area contributed by atoms with Crippen molar-refractivity contribution in [2.45, 2.75) is 0 Å². The van der Waals surface area contributed by atoms with Gasteiger partial charge in [0.2, 0.25) is 0 Å². The summed E-state index contributed by atoms with van der Waals surface area (Å²) in [6.07, 6.45) is 8.05. The zero-order valence-electron chi connectivity index (χ0n) is 16.6. The zero-order chi connectivity index (χ0) is 20.2.